The summed E-state index contributed by atoms with van der Waals surface area (Å²) in [4.78, 5) is 0. The molecule has 4 aliphatic carbocycles. The lowest BCUT2D eigenvalue weighted by molar-refractivity contribution is -0.0575. The number of aliphatic hydroxyl groups excluding tert-OH is 1. The van der Waals surface area contributed by atoms with Crippen LogP contribution in [-0.4, -0.2) is 11.2 Å². The third-order valence-electron chi connectivity index (χ3n) is 11.4. The molecule has 0 aromatic carbocycles. The van der Waals surface area contributed by atoms with Gasteiger partial charge < -0.3 is 5.11 Å². The van der Waals surface area contributed by atoms with Gasteiger partial charge in [-0.1, -0.05) is 72.5 Å². The summed E-state index contributed by atoms with van der Waals surface area (Å²) in [6.07, 6.45) is 18.5. The molecule has 0 saturated heterocycles. The van der Waals surface area contributed by atoms with E-state index < -0.39 is 0 Å². The summed E-state index contributed by atoms with van der Waals surface area (Å²) in [7, 11) is 0. The van der Waals surface area contributed by atoms with Crippen LogP contribution in [0, 0.1) is 52.3 Å². The molecule has 178 valence electrons. The number of fused-ring (bicyclic) bond motifs is 5. The zero-order valence-electron chi connectivity index (χ0n) is 21.6. The minimum atomic E-state index is -0.0798. The largest absolute Gasteiger partial charge is 0.393 e. The third-order valence-corrected chi connectivity index (χ3v) is 11.4. The first-order valence-electron chi connectivity index (χ1n) is 14.1. The van der Waals surface area contributed by atoms with Crippen LogP contribution in [0.25, 0.3) is 0 Å². The fourth-order valence-corrected chi connectivity index (χ4v) is 9.48. The second-order valence-electron chi connectivity index (χ2n) is 13.2. The molecule has 0 aliphatic heterocycles. The standard InChI is InChI=1S/C30H52O/c1-7-8-22(20(2)3)10-9-21(4)26-13-14-27-25-12-11-23-19-24(31)15-17-29(23,5)28(25)16-18-30(26,27)6/h11,20-22,24-28,31H,7-10,12-19H2,1-6H3/t21-,22-,24?,25+,26-,27+,28+,29+,30-/m1/s1. The lowest BCUT2D eigenvalue weighted by Crippen LogP contribution is -2.50. The fraction of sp³-hybridized carbons (Fsp3) is 0.933. The van der Waals surface area contributed by atoms with E-state index in [9.17, 15) is 5.11 Å². The summed E-state index contributed by atoms with van der Waals surface area (Å²) < 4.78 is 0. The van der Waals surface area contributed by atoms with Crippen molar-refractivity contribution in [3.05, 3.63) is 11.6 Å². The van der Waals surface area contributed by atoms with Gasteiger partial charge in [-0.3, -0.25) is 0 Å². The van der Waals surface area contributed by atoms with Crippen LogP contribution in [-0.2, 0) is 0 Å². The van der Waals surface area contributed by atoms with Crippen molar-refractivity contribution in [2.45, 2.75) is 125 Å². The van der Waals surface area contributed by atoms with Gasteiger partial charge in [-0.2, -0.15) is 0 Å². The molecule has 0 aromatic heterocycles. The van der Waals surface area contributed by atoms with Crippen molar-refractivity contribution in [1.29, 1.82) is 0 Å². The first kappa shape index (κ1) is 23.8. The number of allylic oxidation sites excluding steroid dienone is 1. The van der Waals surface area contributed by atoms with Gasteiger partial charge in [-0.25, -0.2) is 0 Å². The average molecular weight is 429 g/mol. The maximum absolute atomic E-state index is 10.3. The summed E-state index contributed by atoms with van der Waals surface area (Å²) in [5.41, 5.74) is 2.58. The van der Waals surface area contributed by atoms with Crippen LogP contribution in [0.2, 0.25) is 0 Å². The van der Waals surface area contributed by atoms with Crippen molar-refractivity contribution in [3.8, 4) is 0 Å². The molecule has 0 spiro atoms. The Hall–Kier alpha value is -0.300. The van der Waals surface area contributed by atoms with Gasteiger partial charge in [-0.05, 0) is 110 Å². The zero-order valence-corrected chi connectivity index (χ0v) is 21.6. The molecule has 0 bridgehead atoms. The predicted molar refractivity (Wildman–Crippen MR) is 133 cm³/mol. The molecule has 1 nitrogen and oxygen atoms in total. The second-order valence-corrected chi connectivity index (χ2v) is 13.2. The molecule has 0 heterocycles. The maximum atomic E-state index is 10.3. The van der Waals surface area contributed by atoms with Gasteiger partial charge in [0.2, 0.25) is 0 Å². The van der Waals surface area contributed by atoms with E-state index in [-0.39, 0.29) is 6.10 Å². The highest BCUT2D eigenvalue weighted by atomic mass is 16.3. The van der Waals surface area contributed by atoms with Crippen LogP contribution in [0.4, 0.5) is 0 Å². The van der Waals surface area contributed by atoms with E-state index in [1.807, 2.05) is 0 Å². The lowest BCUT2D eigenvalue weighted by atomic mass is 9.47. The monoisotopic (exact) mass is 428 g/mol. The molecule has 4 aliphatic rings. The molecule has 31 heavy (non-hydrogen) atoms. The Morgan fingerprint density at radius 3 is 2.45 bits per heavy atom. The minimum absolute atomic E-state index is 0.0798. The van der Waals surface area contributed by atoms with E-state index in [1.165, 1.54) is 64.2 Å². The topological polar surface area (TPSA) is 20.2 Å². The van der Waals surface area contributed by atoms with Crippen molar-refractivity contribution >= 4 is 0 Å². The van der Waals surface area contributed by atoms with Crippen LogP contribution >= 0.6 is 0 Å². The van der Waals surface area contributed by atoms with Crippen LogP contribution in [0.15, 0.2) is 11.6 Å². The molecule has 1 N–H and O–H groups in total. The number of aliphatic hydroxyl groups is 1. The Morgan fingerprint density at radius 2 is 1.74 bits per heavy atom. The first-order chi connectivity index (χ1) is 14.7. The molecule has 3 fully saturated rings. The number of hydrogen-bond donors (Lipinski definition) is 1. The van der Waals surface area contributed by atoms with Gasteiger partial charge in [0, 0.05) is 0 Å². The minimum Gasteiger partial charge on any atom is -0.393 e. The van der Waals surface area contributed by atoms with E-state index in [1.54, 1.807) is 5.57 Å². The molecule has 0 radical (unpaired) electrons. The van der Waals surface area contributed by atoms with Crippen molar-refractivity contribution in [3.63, 3.8) is 0 Å². The van der Waals surface area contributed by atoms with Gasteiger partial charge in [-0.15, -0.1) is 0 Å². The number of rotatable bonds is 7. The van der Waals surface area contributed by atoms with Gasteiger partial charge in [0.15, 0.2) is 0 Å². The second kappa shape index (κ2) is 9.15. The first-order valence-corrected chi connectivity index (χ1v) is 14.1. The SMILES string of the molecule is CCC[C@H](CC[C@@H](C)[C@H]1CC[C@H]2[C@@H]3CC=C4CC(O)CC[C@]4(C)[C@H]3CC[C@]12C)C(C)C. The molecule has 1 heteroatoms. The van der Waals surface area contributed by atoms with Gasteiger partial charge in [0.25, 0.3) is 0 Å². The number of hydrogen-bond acceptors (Lipinski definition) is 1. The van der Waals surface area contributed by atoms with Gasteiger partial charge in [0.05, 0.1) is 6.10 Å². The highest BCUT2D eigenvalue weighted by molar-refractivity contribution is 5.25. The Morgan fingerprint density at radius 1 is 0.968 bits per heavy atom. The molecule has 0 aromatic rings. The van der Waals surface area contributed by atoms with Gasteiger partial charge >= 0.3 is 0 Å². The fourth-order valence-electron chi connectivity index (χ4n) is 9.48. The van der Waals surface area contributed by atoms with Crippen LogP contribution in [0.5, 0.6) is 0 Å². The molecule has 4 rings (SSSR count). The predicted octanol–water partition coefficient (Wildman–Crippen LogP) is 8.41. The Labute approximate surface area is 193 Å². The molecule has 1 unspecified atom stereocenters. The molecule has 9 atom stereocenters. The average Bonchev–Trinajstić information content (AvgIpc) is 3.08. The summed E-state index contributed by atoms with van der Waals surface area (Å²) in [6.45, 7) is 15.1. The normalized spacial score (nSPS) is 44.3. The zero-order chi connectivity index (χ0) is 22.4. The van der Waals surface area contributed by atoms with E-state index in [0.29, 0.717) is 10.8 Å². The third kappa shape index (κ3) is 4.20. The molecule has 3 saturated carbocycles. The summed E-state index contributed by atoms with van der Waals surface area (Å²) in [5, 5.41) is 10.3. The Kier molecular flexibility index (Phi) is 7.04. The van der Waals surface area contributed by atoms with Crippen LogP contribution < -0.4 is 0 Å². The molecular weight excluding hydrogens is 376 g/mol. The highest BCUT2D eigenvalue weighted by Gasteiger charge is 2.59. The van der Waals surface area contributed by atoms with E-state index in [4.69, 9.17) is 0 Å². The van der Waals surface area contributed by atoms with Gasteiger partial charge in [0.1, 0.15) is 0 Å². The summed E-state index contributed by atoms with van der Waals surface area (Å²) >= 11 is 0. The quantitative estimate of drug-likeness (QED) is 0.403. The van der Waals surface area contributed by atoms with Crippen molar-refractivity contribution in [1.82, 2.24) is 0 Å². The summed E-state index contributed by atoms with van der Waals surface area (Å²) in [6, 6.07) is 0. The van der Waals surface area contributed by atoms with E-state index in [2.05, 4.69) is 47.6 Å². The van der Waals surface area contributed by atoms with Crippen LogP contribution in [0.3, 0.4) is 0 Å². The van der Waals surface area contributed by atoms with Crippen molar-refractivity contribution in [2.24, 2.45) is 52.3 Å². The van der Waals surface area contributed by atoms with E-state index in [0.717, 1.165) is 54.3 Å². The summed E-state index contributed by atoms with van der Waals surface area (Å²) in [5.74, 6) is 6.32. The van der Waals surface area contributed by atoms with Crippen LogP contribution in [0.1, 0.15) is 119 Å². The lowest BCUT2D eigenvalue weighted by Gasteiger charge is -2.58. The molecular formula is C30H52O. The Balaban J connectivity index is 1.46. The smallest absolute Gasteiger partial charge is 0.0577 e. The molecule has 0 amide bonds. The van der Waals surface area contributed by atoms with E-state index >= 15 is 0 Å². The van der Waals surface area contributed by atoms with Crippen molar-refractivity contribution in [2.75, 3.05) is 0 Å². The maximum Gasteiger partial charge on any atom is 0.0577 e. The van der Waals surface area contributed by atoms with Crippen molar-refractivity contribution < 1.29 is 5.11 Å². The highest BCUT2D eigenvalue weighted by Crippen LogP contribution is 2.67. The Bertz CT molecular complexity index is 649.